The third-order valence-electron chi connectivity index (χ3n) is 3.73. The lowest BCUT2D eigenvalue weighted by atomic mass is 10.1. The number of rotatable bonds is 2. The van der Waals surface area contributed by atoms with Gasteiger partial charge in [-0.15, -0.1) is 11.8 Å². The van der Waals surface area contributed by atoms with Crippen LogP contribution in [0.25, 0.3) is 0 Å². The maximum atomic E-state index is 12.4. The number of thioether (sulfide) groups is 1. The van der Waals surface area contributed by atoms with Crippen LogP contribution >= 0.6 is 23.4 Å². The number of benzene rings is 2. The van der Waals surface area contributed by atoms with E-state index >= 15 is 0 Å². The summed E-state index contributed by atoms with van der Waals surface area (Å²) in [6, 6.07) is 14.1. The van der Waals surface area contributed by atoms with E-state index in [1.54, 1.807) is 11.8 Å². The molecule has 1 aliphatic rings. The van der Waals surface area contributed by atoms with Gasteiger partial charge in [0.15, 0.2) is 0 Å². The van der Waals surface area contributed by atoms with Gasteiger partial charge in [0, 0.05) is 10.7 Å². The molecule has 2 aromatic rings. The van der Waals surface area contributed by atoms with E-state index in [0.717, 1.165) is 16.8 Å². The summed E-state index contributed by atoms with van der Waals surface area (Å²) in [6.07, 6.45) is 0. The molecule has 21 heavy (non-hydrogen) atoms. The first kappa shape index (κ1) is 14.5. The Bertz CT molecular complexity index is 684. The van der Waals surface area contributed by atoms with Gasteiger partial charge in [0.2, 0.25) is 5.91 Å². The zero-order valence-electron chi connectivity index (χ0n) is 12.0. The van der Waals surface area contributed by atoms with Crippen molar-refractivity contribution in [1.29, 1.82) is 0 Å². The molecule has 1 atom stereocenters. The Balaban J connectivity index is 2.04. The molecule has 0 saturated carbocycles. The molecular formula is C17H16ClNOS. The number of hydrogen-bond donors (Lipinski definition) is 0. The molecule has 0 aliphatic carbocycles. The van der Waals surface area contributed by atoms with Crippen LogP contribution in [0.15, 0.2) is 42.5 Å². The summed E-state index contributed by atoms with van der Waals surface area (Å²) in [6.45, 7) is 4.02. The van der Waals surface area contributed by atoms with Crippen LogP contribution in [0.5, 0.6) is 0 Å². The van der Waals surface area contributed by atoms with E-state index in [4.69, 9.17) is 11.6 Å². The summed E-state index contributed by atoms with van der Waals surface area (Å²) < 4.78 is 0. The second kappa shape index (κ2) is 5.74. The van der Waals surface area contributed by atoms with Crippen LogP contribution in [0, 0.1) is 13.8 Å². The molecule has 2 nitrogen and oxygen atoms in total. The normalized spacial score (nSPS) is 18.3. The monoisotopic (exact) mass is 317 g/mol. The second-order valence-corrected chi connectivity index (χ2v) is 6.70. The Morgan fingerprint density at radius 3 is 2.57 bits per heavy atom. The first-order valence-corrected chi connectivity index (χ1v) is 8.26. The summed E-state index contributed by atoms with van der Waals surface area (Å²) in [4.78, 5) is 14.2. The number of nitrogens with zero attached hydrogens (tertiary/aromatic N) is 1. The molecule has 0 aromatic heterocycles. The second-order valence-electron chi connectivity index (χ2n) is 5.22. The highest BCUT2D eigenvalue weighted by atomic mass is 35.5. The van der Waals surface area contributed by atoms with E-state index in [2.05, 4.69) is 31.2 Å². The highest BCUT2D eigenvalue weighted by Gasteiger charge is 2.34. The van der Waals surface area contributed by atoms with Crippen molar-refractivity contribution in [2.24, 2.45) is 0 Å². The summed E-state index contributed by atoms with van der Waals surface area (Å²) in [5.74, 6) is 0.640. The third-order valence-corrected chi connectivity index (χ3v) is 5.35. The quantitative estimate of drug-likeness (QED) is 0.797. The van der Waals surface area contributed by atoms with Gasteiger partial charge in [0.1, 0.15) is 5.37 Å². The number of hydrogen-bond acceptors (Lipinski definition) is 2. The molecule has 4 heteroatoms. The van der Waals surface area contributed by atoms with E-state index in [9.17, 15) is 4.79 Å². The van der Waals surface area contributed by atoms with E-state index in [0.29, 0.717) is 10.8 Å². The number of carbonyl (C=O) groups is 1. The standard InChI is InChI=1S/C17H16ClNOS/c1-11-6-8-13(9-7-11)17-19(16(20)10-21-17)15-5-3-4-14(18)12(15)2/h3-9,17H,10H2,1-2H3/t17-/m0/s1. The van der Waals surface area contributed by atoms with Crippen LogP contribution in [0.3, 0.4) is 0 Å². The highest BCUT2D eigenvalue weighted by Crippen LogP contribution is 2.43. The molecule has 2 aromatic carbocycles. The molecule has 1 saturated heterocycles. The van der Waals surface area contributed by atoms with Crippen LogP contribution in [-0.4, -0.2) is 11.7 Å². The highest BCUT2D eigenvalue weighted by molar-refractivity contribution is 8.00. The zero-order valence-corrected chi connectivity index (χ0v) is 13.5. The first-order valence-electron chi connectivity index (χ1n) is 6.83. The van der Waals surface area contributed by atoms with Gasteiger partial charge in [-0.1, -0.05) is 47.5 Å². The minimum Gasteiger partial charge on any atom is -0.295 e. The average Bonchev–Trinajstić information content (AvgIpc) is 2.85. The van der Waals surface area contributed by atoms with Gasteiger partial charge in [-0.3, -0.25) is 9.69 Å². The fourth-order valence-electron chi connectivity index (χ4n) is 2.52. The van der Waals surface area contributed by atoms with Gasteiger partial charge in [-0.05, 0) is 37.1 Å². The van der Waals surface area contributed by atoms with Gasteiger partial charge in [-0.2, -0.15) is 0 Å². The molecule has 0 radical (unpaired) electrons. The van der Waals surface area contributed by atoms with Crippen molar-refractivity contribution >= 4 is 35.0 Å². The van der Waals surface area contributed by atoms with Crippen molar-refractivity contribution in [2.45, 2.75) is 19.2 Å². The smallest absolute Gasteiger partial charge is 0.238 e. The van der Waals surface area contributed by atoms with Crippen LogP contribution < -0.4 is 4.90 Å². The Morgan fingerprint density at radius 1 is 1.14 bits per heavy atom. The van der Waals surface area contributed by atoms with Crippen molar-refractivity contribution in [3.63, 3.8) is 0 Å². The predicted octanol–water partition coefficient (Wildman–Crippen LogP) is 4.74. The Hall–Kier alpha value is -1.45. The van der Waals surface area contributed by atoms with E-state index in [1.807, 2.05) is 30.0 Å². The van der Waals surface area contributed by atoms with Gasteiger partial charge in [-0.25, -0.2) is 0 Å². The van der Waals surface area contributed by atoms with E-state index in [1.165, 1.54) is 5.56 Å². The van der Waals surface area contributed by atoms with Gasteiger partial charge in [0.25, 0.3) is 0 Å². The lowest BCUT2D eigenvalue weighted by Crippen LogP contribution is -2.28. The minimum atomic E-state index is 0.0234. The molecule has 0 unspecified atom stereocenters. The zero-order chi connectivity index (χ0) is 15.0. The first-order chi connectivity index (χ1) is 10.1. The van der Waals surface area contributed by atoms with Gasteiger partial charge < -0.3 is 0 Å². The summed E-state index contributed by atoms with van der Waals surface area (Å²) >= 11 is 7.87. The molecule has 0 bridgehead atoms. The molecular weight excluding hydrogens is 302 g/mol. The fraction of sp³-hybridized carbons (Fsp3) is 0.235. The number of carbonyl (C=O) groups excluding carboxylic acids is 1. The molecule has 3 rings (SSSR count). The van der Waals surface area contributed by atoms with Gasteiger partial charge >= 0.3 is 0 Å². The Labute approximate surface area is 134 Å². The Kier molecular flexibility index (Phi) is 3.96. The summed E-state index contributed by atoms with van der Waals surface area (Å²) in [5, 5.41) is 0.718. The van der Waals surface area contributed by atoms with E-state index < -0.39 is 0 Å². The van der Waals surface area contributed by atoms with Gasteiger partial charge in [0.05, 0.1) is 5.75 Å². The SMILES string of the molecule is Cc1ccc([C@@H]2SCC(=O)N2c2cccc(Cl)c2C)cc1. The average molecular weight is 318 g/mol. The lowest BCUT2D eigenvalue weighted by Gasteiger charge is -2.26. The largest absolute Gasteiger partial charge is 0.295 e. The molecule has 1 fully saturated rings. The minimum absolute atomic E-state index is 0.0234. The van der Waals surface area contributed by atoms with E-state index in [-0.39, 0.29) is 11.3 Å². The Morgan fingerprint density at radius 2 is 1.86 bits per heavy atom. The topological polar surface area (TPSA) is 20.3 Å². The number of anilines is 1. The molecule has 0 N–H and O–H groups in total. The molecule has 0 spiro atoms. The van der Waals surface area contributed by atoms with Crippen LogP contribution in [0.1, 0.15) is 22.1 Å². The third kappa shape index (κ3) is 2.68. The summed E-state index contributed by atoms with van der Waals surface area (Å²) in [5.41, 5.74) is 4.23. The van der Waals surface area contributed by atoms with Crippen molar-refractivity contribution in [2.75, 3.05) is 10.7 Å². The maximum absolute atomic E-state index is 12.4. The number of aryl methyl sites for hydroxylation is 1. The molecule has 1 amide bonds. The lowest BCUT2D eigenvalue weighted by molar-refractivity contribution is -0.115. The van der Waals surface area contributed by atoms with Crippen LogP contribution in [0.4, 0.5) is 5.69 Å². The van der Waals surface area contributed by atoms with Crippen molar-refractivity contribution in [3.05, 3.63) is 64.2 Å². The van der Waals surface area contributed by atoms with Crippen molar-refractivity contribution in [3.8, 4) is 0 Å². The van der Waals surface area contributed by atoms with Crippen LogP contribution in [-0.2, 0) is 4.79 Å². The maximum Gasteiger partial charge on any atom is 0.238 e. The van der Waals surface area contributed by atoms with Crippen LogP contribution in [0.2, 0.25) is 5.02 Å². The fourth-order valence-corrected chi connectivity index (χ4v) is 3.86. The van der Waals surface area contributed by atoms with Crippen molar-refractivity contribution in [1.82, 2.24) is 0 Å². The number of halogens is 1. The molecule has 1 aliphatic heterocycles. The summed E-state index contributed by atoms with van der Waals surface area (Å²) in [7, 11) is 0. The molecule has 1 heterocycles. The number of amides is 1. The molecule has 108 valence electrons. The van der Waals surface area contributed by atoms with Crippen molar-refractivity contribution < 1.29 is 4.79 Å². The predicted molar refractivity (Wildman–Crippen MR) is 90.1 cm³/mol.